The number of benzene rings is 4. The molecule has 2 unspecified atom stereocenters. The number of fused-ring (bicyclic) bond motifs is 1. The number of methoxy groups -OCH3 is 3. The Balaban J connectivity index is 1.28. The molecule has 1 amide bonds. The van der Waals surface area contributed by atoms with Crippen molar-refractivity contribution in [2.75, 3.05) is 33.3 Å². The lowest BCUT2D eigenvalue weighted by atomic mass is 9.86. The van der Waals surface area contributed by atoms with Crippen LogP contribution >= 0.6 is 0 Å². The van der Waals surface area contributed by atoms with Gasteiger partial charge in [-0.2, -0.15) is 0 Å². The Hall–Kier alpha value is -4.97. The van der Waals surface area contributed by atoms with Crippen LogP contribution in [0.1, 0.15) is 52.5 Å². The molecule has 4 aromatic carbocycles. The van der Waals surface area contributed by atoms with E-state index in [-0.39, 0.29) is 42.1 Å². The van der Waals surface area contributed by atoms with Crippen LogP contribution in [0.5, 0.6) is 17.2 Å². The molecule has 11 heteroatoms. The molecule has 1 aliphatic rings. The molecule has 2 N–H and O–H groups in total. The number of carbonyl (C=O) groups is 1. The summed E-state index contributed by atoms with van der Waals surface area (Å²) in [5.41, 5.74) is 3.98. The van der Waals surface area contributed by atoms with Gasteiger partial charge in [0.25, 0.3) is 5.91 Å². The molecule has 0 saturated heterocycles. The fraction of sp³-hybridized carbons (Fsp3) is 0.341. The molecule has 0 saturated carbocycles. The average molecular weight is 721 g/mol. The summed E-state index contributed by atoms with van der Waals surface area (Å²) in [4.78, 5) is 13.1. The third-order valence-electron chi connectivity index (χ3n) is 10.6. The number of ether oxygens (including phenoxy) is 4. The number of carbonyl (C=O) groups excluding carboxylic acids is 1. The number of hydrogen-bond donors (Lipinski definition) is 2. The van der Waals surface area contributed by atoms with Crippen molar-refractivity contribution in [3.05, 3.63) is 126 Å². The molecule has 52 heavy (non-hydrogen) atoms. The van der Waals surface area contributed by atoms with Crippen LogP contribution in [0, 0.1) is 5.92 Å². The average Bonchev–Trinajstić information content (AvgIpc) is 3.64. The molecule has 5 aromatic rings. The van der Waals surface area contributed by atoms with Crippen molar-refractivity contribution in [2.45, 2.75) is 56.7 Å². The summed E-state index contributed by atoms with van der Waals surface area (Å²) in [5, 5.41) is 23.6. The van der Waals surface area contributed by atoms with E-state index in [9.17, 15) is 9.90 Å². The number of amides is 1. The van der Waals surface area contributed by atoms with Crippen LogP contribution in [0.25, 0.3) is 0 Å². The van der Waals surface area contributed by atoms with Gasteiger partial charge < -0.3 is 29.4 Å². The maximum absolute atomic E-state index is 13.1. The van der Waals surface area contributed by atoms with E-state index in [0.29, 0.717) is 23.5 Å². The Morgan fingerprint density at radius 1 is 0.942 bits per heavy atom. The number of hydrogen-bond acceptors (Lipinski definition) is 8. The van der Waals surface area contributed by atoms with E-state index < -0.39 is 8.07 Å². The van der Waals surface area contributed by atoms with Crippen LogP contribution in [0.2, 0.25) is 18.6 Å². The number of nitrogens with zero attached hydrogens (tertiary/aromatic N) is 3. The second kappa shape index (κ2) is 16.1. The van der Waals surface area contributed by atoms with E-state index in [1.54, 1.807) is 45.6 Å². The molecule has 0 fully saturated rings. The molecule has 6 rings (SSSR count). The largest absolute Gasteiger partial charge is 0.497 e. The molecule has 0 spiro atoms. The van der Waals surface area contributed by atoms with Crippen molar-refractivity contribution >= 4 is 24.9 Å². The summed E-state index contributed by atoms with van der Waals surface area (Å²) in [6.07, 6.45) is 2.31. The molecule has 1 aliphatic heterocycles. The van der Waals surface area contributed by atoms with Gasteiger partial charge in [0.1, 0.15) is 23.4 Å². The zero-order valence-corrected chi connectivity index (χ0v) is 31.7. The molecule has 2 heterocycles. The van der Waals surface area contributed by atoms with Crippen LogP contribution in [-0.2, 0) is 11.3 Å². The van der Waals surface area contributed by atoms with Gasteiger partial charge >= 0.3 is 0 Å². The van der Waals surface area contributed by atoms with Crippen LogP contribution in [0.15, 0.2) is 103 Å². The predicted molar refractivity (Wildman–Crippen MR) is 205 cm³/mol. The second-order valence-electron chi connectivity index (χ2n) is 13.9. The van der Waals surface area contributed by atoms with Crippen LogP contribution in [-0.4, -0.2) is 68.1 Å². The highest BCUT2D eigenvalue weighted by Gasteiger charge is 2.47. The molecule has 0 aliphatic carbocycles. The van der Waals surface area contributed by atoms with E-state index in [1.165, 1.54) is 5.19 Å². The number of aliphatic hydroxyl groups is 1. The van der Waals surface area contributed by atoms with Gasteiger partial charge in [-0.25, -0.2) is 0 Å². The first kappa shape index (κ1) is 36.8. The highest BCUT2D eigenvalue weighted by molar-refractivity contribution is 6.91. The van der Waals surface area contributed by atoms with Crippen LogP contribution in [0.4, 0.5) is 5.69 Å². The first-order valence-corrected chi connectivity index (χ1v) is 20.7. The monoisotopic (exact) mass is 720 g/mol. The highest BCUT2D eigenvalue weighted by atomic mass is 28.3. The maximum Gasteiger partial charge on any atom is 0.255 e. The van der Waals surface area contributed by atoms with E-state index in [2.05, 4.69) is 47.8 Å². The smallest absolute Gasteiger partial charge is 0.255 e. The van der Waals surface area contributed by atoms with Gasteiger partial charge in [-0.05, 0) is 72.1 Å². The van der Waals surface area contributed by atoms with Gasteiger partial charge in [0.15, 0.2) is 0 Å². The van der Waals surface area contributed by atoms with Crippen LogP contribution in [0.3, 0.4) is 0 Å². The lowest BCUT2D eigenvalue weighted by Crippen LogP contribution is -2.54. The lowest BCUT2D eigenvalue weighted by Gasteiger charge is -2.46. The van der Waals surface area contributed by atoms with Gasteiger partial charge in [-0.1, -0.05) is 72.9 Å². The Morgan fingerprint density at radius 3 is 2.25 bits per heavy atom. The fourth-order valence-corrected chi connectivity index (χ4v) is 11.0. The zero-order chi connectivity index (χ0) is 36.8. The number of aromatic nitrogens is 3. The van der Waals surface area contributed by atoms with Crippen molar-refractivity contribution in [3.8, 4) is 17.2 Å². The molecule has 0 radical (unpaired) electrons. The van der Waals surface area contributed by atoms with E-state index in [1.807, 2.05) is 71.5 Å². The number of aliphatic hydroxyl groups excluding tert-OH is 1. The SMILES string of the molecule is COc1ccc(C(=O)Nc2ccc3c(c2)[C@H](OC)[C@@H](C)[C@H](C(CCn2cc(C(CO)c4ccccc4)nn2)[Si](C)(C)c2ccc(OC)cc2)O3)cc1. The van der Waals surface area contributed by atoms with Gasteiger partial charge in [0, 0.05) is 42.6 Å². The standard InChI is InChI=1S/C41H48N4O6Si/c1-27-39(50-4)34-24-30(42-41(47)29-12-15-31(48-2)16-13-29)14-21-37(34)51-40(27)38(52(5,6)33-19-17-32(49-3)18-20-33)22-23-45-25-36(43-44-45)35(26-46)28-10-8-7-9-11-28/h7-21,24-25,27,35,38-40,46H,22-23,26H2,1-6H3,(H,42,47)/t27-,35?,38?,39-,40-/m1/s1. The molecule has 5 atom stereocenters. The van der Waals surface area contributed by atoms with Crippen molar-refractivity contribution in [2.24, 2.45) is 5.92 Å². The van der Waals surface area contributed by atoms with Gasteiger partial charge in [0.2, 0.25) is 0 Å². The predicted octanol–water partition coefficient (Wildman–Crippen LogP) is 6.83. The Morgan fingerprint density at radius 2 is 1.62 bits per heavy atom. The Kier molecular flexibility index (Phi) is 11.4. The summed E-state index contributed by atoms with van der Waals surface area (Å²) in [6.45, 7) is 7.56. The zero-order valence-electron chi connectivity index (χ0n) is 30.7. The highest BCUT2D eigenvalue weighted by Crippen LogP contribution is 2.48. The second-order valence-corrected chi connectivity index (χ2v) is 18.7. The minimum atomic E-state index is -2.25. The number of nitrogens with one attached hydrogen (secondary N) is 1. The molecule has 1 aromatic heterocycles. The first-order valence-electron chi connectivity index (χ1n) is 17.7. The van der Waals surface area contributed by atoms with Crippen molar-refractivity contribution in [3.63, 3.8) is 0 Å². The molecule has 10 nitrogen and oxygen atoms in total. The molecular weight excluding hydrogens is 673 g/mol. The minimum Gasteiger partial charge on any atom is -0.497 e. The summed E-state index contributed by atoms with van der Waals surface area (Å²) in [7, 11) is 2.77. The molecule has 272 valence electrons. The van der Waals surface area contributed by atoms with E-state index in [4.69, 9.17) is 18.9 Å². The van der Waals surface area contributed by atoms with Gasteiger partial charge in [-0.3, -0.25) is 9.48 Å². The summed E-state index contributed by atoms with van der Waals surface area (Å²) in [5.74, 6) is 1.79. The Labute approximate surface area is 306 Å². The fourth-order valence-electron chi connectivity index (χ4n) is 7.48. The normalized spacial score (nSPS) is 18.1. The third-order valence-corrected chi connectivity index (χ3v) is 14.9. The quantitative estimate of drug-likeness (QED) is 0.120. The van der Waals surface area contributed by atoms with Gasteiger partial charge in [0.05, 0.1) is 46.6 Å². The first-order chi connectivity index (χ1) is 25.2. The van der Waals surface area contributed by atoms with Crippen LogP contribution < -0.4 is 24.7 Å². The van der Waals surface area contributed by atoms with E-state index in [0.717, 1.165) is 34.7 Å². The molecular formula is C41H48N4O6Si. The van der Waals surface area contributed by atoms with Crippen molar-refractivity contribution in [1.82, 2.24) is 15.0 Å². The Bertz CT molecular complexity index is 1930. The maximum atomic E-state index is 13.1. The van der Waals surface area contributed by atoms with E-state index >= 15 is 0 Å². The minimum absolute atomic E-state index is 0.0109. The van der Waals surface area contributed by atoms with Crippen molar-refractivity contribution in [1.29, 1.82) is 0 Å². The summed E-state index contributed by atoms with van der Waals surface area (Å²) in [6, 6.07) is 31.1. The summed E-state index contributed by atoms with van der Waals surface area (Å²) >= 11 is 0. The lowest BCUT2D eigenvalue weighted by molar-refractivity contribution is -0.0233. The summed E-state index contributed by atoms with van der Waals surface area (Å²) < 4.78 is 25.8. The third kappa shape index (κ3) is 7.76. The van der Waals surface area contributed by atoms with Crippen molar-refractivity contribution < 1.29 is 28.8 Å². The molecule has 0 bridgehead atoms. The number of aryl methyl sites for hydroxylation is 1. The topological polar surface area (TPSA) is 117 Å². The number of rotatable bonds is 14. The number of anilines is 1. The van der Waals surface area contributed by atoms with Gasteiger partial charge in [-0.15, -0.1) is 5.10 Å².